The molecule has 0 aliphatic heterocycles. The lowest BCUT2D eigenvalue weighted by molar-refractivity contribution is 0.0960. The quantitative estimate of drug-likeness (QED) is 0.137. The van der Waals surface area contributed by atoms with Crippen LogP contribution in [0, 0.1) is 0 Å². The molecule has 0 bridgehead atoms. The number of hydrazine groups is 1. The molecule has 0 unspecified atom stereocenters. The summed E-state index contributed by atoms with van der Waals surface area (Å²) in [5, 5.41) is 4.09. The first-order valence-electron chi connectivity index (χ1n) is 15.0. The average molecular weight is 631 g/mol. The number of aromatic nitrogens is 1. The van der Waals surface area contributed by atoms with Crippen molar-refractivity contribution >= 4 is 46.5 Å². The summed E-state index contributed by atoms with van der Waals surface area (Å²) in [6, 6.07) is 43.5. The van der Waals surface area contributed by atoms with Crippen molar-refractivity contribution in [3.05, 3.63) is 157 Å². The van der Waals surface area contributed by atoms with Gasteiger partial charge in [-0.25, -0.2) is 15.0 Å². The number of benzene rings is 4. The van der Waals surface area contributed by atoms with Crippen LogP contribution in [-0.2, 0) is 9.47 Å². The van der Waals surface area contributed by atoms with E-state index in [2.05, 4.69) is 46.8 Å². The minimum atomic E-state index is -2.86. The first-order valence-corrected chi connectivity index (χ1v) is 16.7. The van der Waals surface area contributed by atoms with Crippen LogP contribution >= 0.6 is 7.05 Å². The van der Waals surface area contributed by atoms with E-state index in [-0.39, 0.29) is 13.2 Å². The van der Waals surface area contributed by atoms with Crippen LogP contribution in [-0.4, -0.2) is 35.4 Å². The number of carbonyl (C=O) groups excluding carboxylic acids is 2. The number of rotatable bonds is 9. The van der Waals surface area contributed by atoms with E-state index < -0.39 is 19.2 Å². The molecule has 0 aliphatic carbocycles. The third-order valence-corrected chi connectivity index (χ3v) is 10.6. The number of nitrogens with zero attached hydrogens (tertiary/aromatic N) is 3. The molecule has 9 heteroatoms. The molecule has 0 saturated carbocycles. The van der Waals surface area contributed by atoms with Crippen molar-refractivity contribution in [3.63, 3.8) is 0 Å². The van der Waals surface area contributed by atoms with Crippen molar-refractivity contribution in [3.8, 4) is 0 Å². The van der Waals surface area contributed by atoms with Gasteiger partial charge in [-0.1, -0.05) is 121 Å². The Labute approximate surface area is 269 Å². The highest BCUT2D eigenvalue weighted by atomic mass is 31.2. The van der Waals surface area contributed by atoms with Gasteiger partial charge in [-0.05, 0) is 26.0 Å². The third-order valence-electron chi connectivity index (χ3n) is 7.00. The van der Waals surface area contributed by atoms with E-state index in [4.69, 9.17) is 14.2 Å². The molecule has 0 spiro atoms. The Bertz CT molecular complexity index is 1720. The van der Waals surface area contributed by atoms with Crippen molar-refractivity contribution in [2.45, 2.75) is 13.8 Å². The molecule has 0 radical (unpaired) electrons. The molecular weight excluding hydrogens is 595 g/mol. The van der Waals surface area contributed by atoms with Crippen LogP contribution in [0.2, 0.25) is 0 Å². The number of pyridine rings is 1. The molecule has 2 amide bonds. The van der Waals surface area contributed by atoms with E-state index in [0.29, 0.717) is 22.5 Å². The van der Waals surface area contributed by atoms with Gasteiger partial charge in [-0.2, -0.15) is 5.01 Å². The Morgan fingerprint density at radius 1 is 0.674 bits per heavy atom. The lowest BCUT2D eigenvalue weighted by atomic mass is 10.1. The molecule has 0 saturated heterocycles. The van der Waals surface area contributed by atoms with Crippen LogP contribution in [0.15, 0.2) is 151 Å². The van der Waals surface area contributed by atoms with E-state index in [0.717, 1.165) is 20.9 Å². The van der Waals surface area contributed by atoms with Gasteiger partial charge >= 0.3 is 12.2 Å². The molecule has 8 nitrogen and oxygen atoms in total. The predicted molar refractivity (Wildman–Crippen MR) is 184 cm³/mol. The second-order valence-corrected chi connectivity index (χ2v) is 12.9. The van der Waals surface area contributed by atoms with E-state index in [9.17, 15) is 9.59 Å². The molecule has 46 heavy (non-hydrogen) atoms. The standard InChI is InChI=1S/C37H35N4O4P/c1-3-44-36(42)39-41(37(43)45-4-2)35(29-18-9-5-10-19-29)34(30-20-17-27-38-28-30)40-46(31-21-11-6-12-22-31,32-23-13-7-14-24-32)33-25-15-8-16-26-33/h5-28H,3-4H2,1-2H3,(H,39,42)/b35-34+. The van der Waals surface area contributed by atoms with Gasteiger partial charge in [0.1, 0.15) is 5.70 Å². The summed E-state index contributed by atoms with van der Waals surface area (Å²) in [5.74, 6) is 0. The minimum absolute atomic E-state index is 0.0796. The molecule has 232 valence electrons. The fourth-order valence-corrected chi connectivity index (χ4v) is 8.61. The molecule has 5 aromatic rings. The zero-order valence-corrected chi connectivity index (χ0v) is 26.6. The summed E-state index contributed by atoms with van der Waals surface area (Å²) in [4.78, 5) is 31.2. The average Bonchev–Trinajstić information content (AvgIpc) is 3.11. The Hall–Kier alpha value is -5.46. The van der Waals surface area contributed by atoms with Crippen LogP contribution in [0.3, 0.4) is 0 Å². The van der Waals surface area contributed by atoms with Gasteiger partial charge in [0.15, 0.2) is 0 Å². The van der Waals surface area contributed by atoms with Gasteiger partial charge in [0.05, 0.1) is 26.0 Å². The van der Waals surface area contributed by atoms with E-state index in [1.165, 1.54) is 0 Å². The van der Waals surface area contributed by atoms with E-state index >= 15 is 0 Å². The number of nitrogens with one attached hydrogen (secondary N) is 1. The van der Waals surface area contributed by atoms with Gasteiger partial charge in [0, 0.05) is 39.4 Å². The molecule has 1 heterocycles. The topological polar surface area (TPSA) is 93.1 Å². The van der Waals surface area contributed by atoms with Gasteiger partial charge < -0.3 is 9.47 Å². The smallest absolute Gasteiger partial charge is 0.433 e. The largest absolute Gasteiger partial charge is 0.449 e. The van der Waals surface area contributed by atoms with Gasteiger partial charge in [-0.15, -0.1) is 0 Å². The second kappa shape index (κ2) is 15.5. The Morgan fingerprint density at radius 3 is 1.61 bits per heavy atom. The Morgan fingerprint density at radius 2 is 1.15 bits per heavy atom. The molecular formula is C37H35N4O4P. The highest BCUT2D eigenvalue weighted by Gasteiger charge is 2.32. The molecule has 5 rings (SSSR count). The van der Waals surface area contributed by atoms with E-state index in [1.807, 2.05) is 97.1 Å². The highest BCUT2D eigenvalue weighted by Crippen LogP contribution is 2.50. The normalized spacial score (nSPS) is 11.5. The molecule has 0 fully saturated rings. The highest BCUT2D eigenvalue weighted by molar-refractivity contribution is 7.87. The summed E-state index contributed by atoms with van der Waals surface area (Å²) >= 11 is 0. The van der Waals surface area contributed by atoms with Crippen molar-refractivity contribution in [1.82, 2.24) is 15.4 Å². The molecule has 0 atom stereocenters. The van der Waals surface area contributed by atoms with Gasteiger partial charge in [-0.3, -0.25) is 9.73 Å². The fraction of sp³-hybridized carbons (Fsp3) is 0.108. The van der Waals surface area contributed by atoms with Crippen LogP contribution in [0.1, 0.15) is 25.0 Å². The van der Waals surface area contributed by atoms with Crippen molar-refractivity contribution in [1.29, 1.82) is 0 Å². The van der Waals surface area contributed by atoms with Gasteiger partial charge in [0.25, 0.3) is 0 Å². The second-order valence-electron chi connectivity index (χ2n) is 9.91. The van der Waals surface area contributed by atoms with Crippen LogP contribution in [0.4, 0.5) is 9.59 Å². The number of hydrogen-bond donors (Lipinski definition) is 1. The predicted octanol–water partition coefficient (Wildman–Crippen LogP) is 7.20. The first kappa shape index (κ1) is 31.9. The number of hydrogen-bond acceptors (Lipinski definition) is 6. The Kier molecular flexibility index (Phi) is 10.8. The summed E-state index contributed by atoms with van der Waals surface area (Å²) < 4.78 is 16.5. The summed E-state index contributed by atoms with van der Waals surface area (Å²) in [6.45, 7) is 3.58. The Balaban J connectivity index is 2.01. The van der Waals surface area contributed by atoms with Crippen molar-refractivity contribution < 1.29 is 19.1 Å². The minimum Gasteiger partial charge on any atom is -0.449 e. The maximum absolute atomic E-state index is 13.8. The SMILES string of the molecule is CCOC(=O)NN(C(=O)OCC)/C(=C(/N=P(c1ccccc1)(c1ccccc1)c1ccccc1)c1cccnc1)c1ccccc1. The zero-order chi connectivity index (χ0) is 32.2. The number of ether oxygens (including phenoxy) is 2. The van der Waals surface area contributed by atoms with Crippen LogP contribution in [0.5, 0.6) is 0 Å². The third kappa shape index (κ3) is 7.09. The summed E-state index contributed by atoms with van der Waals surface area (Å²) in [6.07, 6.45) is 1.77. The lowest BCUT2D eigenvalue weighted by Crippen LogP contribution is -2.45. The van der Waals surface area contributed by atoms with Crippen LogP contribution < -0.4 is 21.3 Å². The molecule has 4 aromatic carbocycles. The van der Waals surface area contributed by atoms with Crippen LogP contribution in [0.25, 0.3) is 11.4 Å². The number of amides is 2. The first-order chi connectivity index (χ1) is 22.6. The molecule has 1 N–H and O–H groups in total. The van der Waals surface area contributed by atoms with Crippen molar-refractivity contribution in [2.24, 2.45) is 4.74 Å². The number of carbonyl (C=O) groups is 2. The van der Waals surface area contributed by atoms with Gasteiger partial charge in [0.2, 0.25) is 0 Å². The molecule has 0 aliphatic rings. The van der Waals surface area contributed by atoms with Crippen molar-refractivity contribution in [2.75, 3.05) is 13.2 Å². The zero-order valence-electron chi connectivity index (χ0n) is 25.7. The maximum Gasteiger partial charge on any atom is 0.433 e. The monoisotopic (exact) mass is 630 g/mol. The van der Waals surface area contributed by atoms with E-state index in [1.54, 1.807) is 26.2 Å². The molecule has 1 aromatic heterocycles. The maximum atomic E-state index is 13.8. The fourth-order valence-electron chi connectivity index (χ4n) is 5.05. The summed E-state index contributed by atoms with van der Waals surface area (Å²) in [7, 11) is -2.86. The summed E-state index contributed by atoms with van der Waals surface area (Å²) in [5.41, 5.74) is 4.60. The lowest BCUT2D eigenvalue weighted by Gasteiger charge is -2.30.